The van der Waals surface area contributed by atoms with Crippen molar-refractivity contribution in [3.63, 3.8) is 0 Å². The lowest BCUT2D eigenvalue weighted by atomic mass is 10.2. The molecule has 1 aliphatic heterocycles. The van der Waals surface area contributed by atoms with E-state index in [9.17, 15) is 4.79 Å². The Kier molecular flexibility index (Phi) is 5.08. The zero-order valence-corrected chi connectivity index (χ0v) is 14.3. The van der Waals surface area contributed by atoms with E-state index in [0.29, 0.717) is 22.2 Å². The quantitative estimate of drug-likeness (QED) is 0.900. The van der Waals surface area contributed by atoms with Crippen LogP contribution in [0.15, 0.2) is 36.5 Å². The largest absolute Gasteiger partial charge is 0.473 e. The van der Waals surface area contributed by atoms with E-state index >= 15 is 0 Å². The van der Waals surface area contributed by atoms with Gasteiger partial charge in [-0.25, -0.2) is 4.98 Å². The number of halogens is 1. The summed E-state index contributed by atoms with van der Waals surface area (Å²) in [5.41, 5.74) is 2.14. The summed E-state index contributed by atoms with van der Waals surface area (Å²) in [7, 11) is 0. The first kappa shape index (κ1) is 16.1. The molecule has 0 bridgehead atoms. The number of amides is 1. The molecule has 0 spiro atoms. The maximum atomic E-state index is 12.3. The first-order valence-corrected chi connectivity index (χ1v) is 8.93. The number of benzene rings is 1. The van der Waals surface area contributed by atoms with Gasteiger partial charge in [0.05, 0.1) is 5.56 Å². The monoisotopic (exact) mass is 348 g/mol. The number of carbonyl (C=O) groups is 1. The predicted molar refractivity (Wildman–Crippen MR) is 94.7 cm³/mol. The number of anilines is 1. The van der Waals surface area contributed by atoms with Crippen LogP contribution in [0.3, 0.4) is 0 Å². The third kappa shape index (κ3) is 4.18. The van der Waals surface area contributed by atoms with E-state index in [4.69, 9.17) is 16.3 Å². The molecule has 4 nitrogen and oxygen atoms in total. The smallest absolute Gasteiger partial charge is 0.257 e. The van der Waals surface area contributed by atoms with Crippen LogP contribution >= 0.6 is 23.4 Å². The highest BCUT2D eigenvalue weighted by molar-refractivity contribution is 7.99. The second kappa shape index (κ2) is 7.23. The van der Waals surface area contributed by atoms with Crippen molar-refractivity contribution in [3.05, 3.63) is 52.7 Å². The molecule has 1 atom stereocenters. The van der Waals surface area contributed by atoms with E-state index in [1.165, 1.54) is 6.20 Å². The Bertz CT molecular complexity index is 700. The average molecular weight is 349 g/mol. The Balaban J connectivity index is 1.66. The lowest BCUT2D eigenvalue weighted by Gasteiger charge is -2.12. The Hall–Kier alpha value is -1.72. The van der Waals surface area contributed by atoms with E-state index in [0.717, 1.165) is 23.5 Å². The Morgan fingerprint density at radius 1 is 1.39 bits per heavy atom. The number of carbonyl (C=O) groups excluding carboxylic acids is 1. The van der Waals surface area contributed by atoms with Gasteiger partial charge in [-0.1, -0.05) is 17.7 Å². The summed E-state index contributed by atoms with van der Waals surface area (Å²) < 4.78 is 5.78. The van der Waals surface area contributed by atoms with Crippen LogP contribution < -0.4 is 10.1 Å². The molecule has 23 heavy (non-hydrogen) atoms. The molecule has 1 N–H and O–H groups in total. The molecule has 1 aromatic carbocycles. The van der Waals surface area contributed by atoms with Crippen LogP contribution in [0.5, 0.6) is 5.88 Å². The van der Waals surface area contributed by atoms with E-state index in [1.807, 2.05) is 24.8 Å². The lowest BCUT2D eigenvalue weighted by Crippen LogP contribution is -2.16. The van der Waals surface area contributed by atoms with Gasteiger partial charge in [-0.3, -0.25) is 4.79 Å². The molecule has 0 saturated carbocycles. The second-order valence-corrected chi connectivity index (χ2v) is 6.99. The molecule has 1 aliphatic rings. The fourth-order valence-corrected chi connectivity index (χ4v) is 3.55. The van der Waals surface area contributed by atoms with Gasteiger partial charge in [0, 0.05) is 28.7 Å². The molecule has 2 aromatic rings. The molecule has 1 amide bonds. The van der Waals surface area contributed by atoms with Gasteiger partial charge in [0.25, 0.3) is 5.91 Å². The molecule has 3 rings (SSSR count). The van der Waals surface area contributed by atoms with Crippen molar-refractivity contribution in [2.75, 3.05) is 16.8 Å². The summed E-state index contributed by atoms with van der Waals surface area (Å²) in [4.78, 5) is 16.5. The number of hydrogen-bond acceptors (Lipinski definition) is 4. The van der Waals surface area contributed by atoms with Crippen LogP contribution in [0.25, 0.3) is 0 Å². The molecule has 0 radical (unpaired) electrons. The molecule has 1 saturated heterocycles. The molecular weight excluding hydrogens is 332 g/mol. The molecule has 1 fully saturated rings. The fraction of sp³-hybridized carbons (Fsp3) is 0.294. The Morgan fingerprint density at radius 2 is 2.26 bits per heavy atom. The van der Waals surface area contributed by atoms with Crippen LogP contribution in [0.2, 0.25) is 5.02 Å². The summed E-state index contributed by atoms with van der Waals surface area (Å²) >= 11 is 7.85. The van der Waals surface area contributed by atoms with Crippen molar-refractivity contribution in [2.24, 2.45) is 0 Å². The van der Waals surface area contributed by atoms with Gasteiger partial charge in [0.15, 0.2) is 0 Å². The first-order valence-electron chi connectivity index (χ1n) is 7.40. The van der Waals surface area contributed by atoms with Gasteiger partial charge < -0.3 is 10.1 Å². The highest BCUT2D eigenvalue weighted by atomic mass is 35.5. The van der Waals surface area contributed by atoms with Crippen LogP contribution in [0, 0.1) is 6.92 Å². The molecule has 120 valence electrons. The second-order valence-electron chi connectivity index (χ2n) is 5.40. The van der Waals surface area contributed by atoms with E-state index in [-0.39, 0.29) is 12.0 Å². The van der Waals surface area contributed by atoms with Gasteiger partial charge in [-0.15, -0.1) is 0 Å². The first-order chi connectivity index (χ1) is 11.1. The maximum absolute atomic E-state index is 12.3. The standard InChI is InChI=1S/C17H17ClN2O2S/c1-11-2-4-13(18)8-15(11)20-17(21)12-3-5-16(19-9-12)22-14-6-7-23-10-14/h2-5,8-9,14H,6-7,10H2,1H3,(H,20,21). The van der Waals surface area contributed by atoms with Crippen LogP contribution in [0.4, 0.5) is 5.69 Å². The fourth-order valence-electron chi connectivity index (χ4n) is 2.28. The number of rotatable bonds is 4. The van der Waals surface area contributed by atoms with E-state index in [2.05, 4.69) is 10.3 Å². The van der Waals surface area contributed by atoms with Gasteiger partial charge in [-0.2, -0.15) is 11.8 Å². The van der Waals surface area contributed by atoms with Crippen molar-refractivity contribution >= 4 is 35.0 Å². The molecule has 2 heterocycles. The van der Waals surface area contributed by atoms with Crippen molar-refractivity contribution in [1.29, 1.82) is 0 Å². The SMILES string of the molecule is Cc1ccc(Cl)cc1NC(=O)c1ccc(OC2CCSC2)nc1. The number of ether oxygens (including phenoxy) is 1. The molecule has 1 unspecified atom stereocenters. The highest BCUT2D eigenvalue weighted by Crippen LogP contribution is 2.23. The number of thioether (sulfide) groups is 1. The minimum absolute atomic E-state index is 0.217. The van der Waals surface area contributed by atoms with Crippen molar-refractivity contribution in [3.8, 4) is 5.88 Å². The minimum Gasteiger partial charge on any atom is -0.473 e. The van der Waals surface area contributed by atoms with Crippen LogP contribution in [-0.2, 0) is 0 Å². The number of aromatic nitrogens is 1. The van der Waals surface area contributed by atoms with Gasteiger partial charge in [-0.05, 0) is 42.9 Å². The number of nitrogens with zero attached hydrogens (tertiary/aromatic N) is 1. The third-order valence-electron chi connectivity index (χ3n) is 3.62. The maximum Gasteiger partial charge on any atom is 0.257 e. The van der Waals surface area contributed by atoms with Gasteiger partial charge >= 0.3 is 0 Å². The average Bonchev–Trinajstić information content (AvgIpc) is 3.04. The zero-order chi connectivity index (χ0) is 16.2. The zero-order valence-electron chi connectivity index (χ0n) is 12.7. The highest BCUT2D eigenvalue weighted by Gasteiger charge is 2.17. The van der Waals surface area contributed by atoms with Crippen molar-refractivity contribution in [2.45, 2.75) is 19.4 Å². The minimum atomic E-state index is -0.217. The summed E-state index contributed by atoms with van der Waals surface area (Å²) in [6.07, 6.45) is 2.80. The number of aryl methyl sites for hydroxylation is 1. The molecular formula is C17H17ClN2O2S. The Labute approximate surface area is 144 Å². The van der Waals surface area contributed by atoms with Crippen molar-refractivity contribution in [1.82, 2.24) is 4.98 Å². The lowest BCUT2D eigenvalue weighted by molar-refractivity contribution is 0.102. The topological polar surface area (TPSA) is 51.2 Å². The third-order valence-corrected chi connectivity index (χ3v) is 4.99. The number of pyridine rings is 1. The number of nitrogens with one attached hydrogen (secondary N) is 1. The van der Waals surface area contributed by atoms with Gasteiger partial charge in [0.2, 0.25) is 5.88 Å². The van der Waals surface area contributed by atoms with Crippen LogP contribution in [0.1, 0.15) is 22.3 Å². The summed E-state index contributed by atoms with van der Waals surface area (Å²) in [5.74, 6) is 2.47. The summed E-state index contributed by atoms with van der Waals surface area (Å²) in [6.45, 7) is 1.92. The van der Waals surface area contributed by atoms with Gasteiger partial charge in [0.1, 0.15) is 6.10 Å². The predicted octanol–water partition coefficient (Wildman–Crippen LogP) is 4.18. The van der Waals surface area contributed by atoms with Crippen molar-refractivity contribution < 1.29 is 9.53 Å². The van der Waals surface area contributed by atoms with Crippen LogP contribution in [-0.4, -0.2) is 28.5 Å². The number of hydrogen-bond donors (Lipinski definition) is 1. The summed E-state index contributed by atoms with van der Waals surface area (Å²) in [5, 5.41) is 3.44. The Morgan fingerprint density at radius 3 is 2.96 bits per heavy atom. The van der Waals surface area contributed by atoms with E-state index < -0.39 is 0 Å². The summed E-state index contributed by atoms with van der Waals surface area (Å²) in [6, 6.07) is 8.86. The normalized spacial score (nSPS) is 17.0. The molecule has 1 aromatic heterocycles. The van der Waals surface area contributed by atoms with E-state index in [1.54, 1.807) is 24.3 Å². The molecule has 6 heteroatoms. The molecule has 0 aliphatic carbocycles.